The number of ether oxygens (including phenoxy) is 2. The van der Waals surface area contributed by atoms with Crippen LogP contribution in [0.1, 0.15) is 0 Å². The summed E-state index contributed by atoms with van der Waals surface area (Å²) in [4.78, 5) is 13.0. The molecule has 2 aromatic heterocycles. The van der Waals surface area contributed by atoms with Crippen LogP contribution in [0.15, 0.2) is 84.2 Å². The van der Waals surface area contributed by atoms with Crippen LogP contribution in [0.4, 0.5) is 0 Å². The van der Waals surface area contributed by atoms with Crippen molar-refractivity contribution in [2.75, 3.05) is 19.8 Å². The molecule has 1 N–H and O–H groups in total. The molecule has 0 atom stereocenters. The zero-order valence-electron chi connectivity index (χ0n) is 16.7. The van der Waals surface area contributed by atoms with Gasteiger partial charge in [-0.05, 0) is 40.8 Å². The number of rotatable bonds is 9. The first-order valence-electron chi connectivity index (χ1n) is 9.83. The molecule has 0 unspecified atom stereocenters. The number of nitrogens with one attached hydrogen (secondary N) is 1. The third kappa shape index (κ3) is 5.90. The maximum absolute atomic E-state index is 12.0. The van der Waals surface area contributed by atoms with Crippen molar-refractivity contribution in [1.29, 1.82) is 0 Å². The average molecular weight is 432 g/mol. The van der Waals surface area contributed by atoms with Gasteiger partial charge in [-0.3, -0.25) is 4.79 Å². The van der Waals surface area contributed by atoms with Crippen molar-refractivity contribution in [1.82, 2.24) is 15.5 Å². The molecule has 0 bridgehead atoms. The van der Waals surface area contributed by atoms with E-state index in [0.717, 1.165) is 21.7 Å². The Labute approximate surface area is 184 Å². The van der Waals surface area contributed by atoms with E-state index in [1.54, 1.807) is 17.4 Å². The lowest BCUT2D eigenvalue weighted by molar-refractivity contribution is -0.123. The molecule has 0 aliphatic rings. The molecular weight excluding hydrogens is 410 g/mol. The topological polar surface area (TPSA) is 73.3 Å². The van der Waals surface area contributed by atoms with Crippen molar-refractivity contribution < 1.29 is 14.3 Å². The van der Waals surface area contributed by atoms with Crippen LogP contribution in [0.25, 0.3) is 21.7 Å². The quantitative estimate of drug-likeness (QED) is 0.397. The number of hydrogen-bond acceptors (Lipinski definition) is 6. The molecule has 4 rings (SSSR count). The van der Waals surface area contributed by atoms with E-state index in [1.807, 2.05) is 66.0 Å². The fourth-order valence-corrected chi connectivity index (χ4v) is 3.56. The summed E-state index contributed by atoms with van der Waals surface area (Å²) in [7, 11) is 0. The second-order valence-corrected chi connectivity index (χ2v) is 7.56. The highest BCUT2D eigenvalue weighted by Gasteiger charge is 2.05. The first kappa shape index (κ1) is 20.6. The van der Waals surface area contributed by atoms with Crippen molar-refractivity contribution in [3.05, 3.63) is 84.2 Å². The van der Waals surface area contributed by atoms with E-state index in [2.05, 4.69) is 27.6 Å². The van der Waals surface area contributed by atoms with Gasteiger partial charge in [0.15, 0.2) is 6.61 Å². The number of nitrogens with zero attached hydrogens (tertiary/aromatic N) is 2. The summed E-state index contributed by atoms with van der Waals surface area (Å²) in [5.74, 6) is 0.853. The number of carbonyl (C=O) groups excluding carboxylic acids is 1. The molecule has 0 aliphatic carbocycles. The van der Waals surface area contributed by atoms with Gasteiger partial charge in [0.05, 0.1) is 11.4 Å². The van der Waals surface area contributed by atoms with Crippen LogP contribution in [0.2, 0.25) is 0 Å². The second kappa shape index (κ2) is 10.4. The van der Waals surface area contributed by atoms with E-state index in [1.165, 1.54) is 0 Å². The predicted octanol–water partition coefficient (Wildman–Crippen LogP) is 4.45. The van der Waals surface area contributed by atoms with Crippen molar-refractivity contribution in [3.63, 3.8) is 0 Å². The lowest BCUT2D eigenvalue weighted by Gasteiger charge is -2.09. The van der Waals surface area contributed by atoms with Crippen LogP contribution in [0.3, 0.4) is 0 Å². The number of aromatic nitrogens is 2. The Hall–Kier alpha value is -3.71. The lowest BCUT2D eigenvalue weighted by atomic mass is 10.1. The van der Waals surface area contributed by atoms with Crippen molar-refractivity contribution in [2.45, 2.75) is 0 Å². The molecule has 0 radical (unpaired) electrons. The molecule has 2 heterocycles. The SMILES string of the molecule is O=C(COc1ccc(-c2ccccc2)cc1)NCCOc1ccc(-c2cccs2)nn1. The van der Waals surface area contributed by atoms with E-state index >= 15 is 0 Å². The summed E-state index contributed by atoms with van der Waals surface area (Å²) in [6.45, 7) is 0.591. The number of benzene rings is 2. The van der Waals surface area contributed by atoms with E-state index in [-0.39, 0.29) is 12.5 Å². The molecule has 2 aromatic carbocycles. The molecule has 0 fully saturated rings. The van der Waals surface area contributed by atoms with Crippen LogP contribution < -0.4 is 14.8 Å². The van der Waals surface area contributed by atoms with E-state index in [4.69, 9.17) is 9.47 Å². The van der Waals surface area contributed by atoms with Gasteiger partial charge in [-0.2, -0.15) is 0 Å². The molecular formula is C24H21N3O3S. The molecule has 0 spiro atoms. The van der Waals surface area contributed by atoms with Gasteiger partial charge in [0.25, 0.3) is 5.91 Å². The fourth-order valence-electron chi connectivity index (χ4n) is 2.87. The summed E-state index contributed by atoms with van der Waals surface area (Å²) in [6.07, 6.45) is 0. The highest BCUT2D eigenvalue weighted by Crippen LogP contribution is 2.23. The van der Waals surface area contributed by atoms with Crippen LogP contribution in [0.5, 0.6) is 11.6 Å². The largest absolute Gasteiger partial charge is 0.484 e. The zero-order valence-corrected chi connectivity index (χ0v) is 17.5. The average Bonchev–Trinajstić information content (AvgIpc) is 3.37. The smallest absolute Gasteiger partial charge is 0.258 e. The molecule has 6 nitrogen and oxygen atoms in total. The monoisotopic (exact) mass is 431 g/mol. The molecule has 1 amide bonds. The predicted molar refractivity (Wildman–Crippen MR) is 121 cm³/mol. The van der Waals surface area contributed by atoms with Crippen molar-refractivity contribution >= 4 is 17.2 Å². The van der Waals surface area contributed by atoms with E-state index in [0.29, 0.717) is 24.8 Å². The summed E-state index contributed by atoms with van der Waals surface area (Å²) in [5, 5.41) is 13.0. The number of thiophene rings is 1. The zero-order chi connectivity index (χ0) is 21.3. The Morgan fingerprint density at radius 1 is 0.839 bits per heavy atom. The van der Waals surface area contributed by atoms with Gasteiger partial charge in [-0.1, -0.05) is 48.5 Å². The third-order valence-corrected chi connectivity index (χ3v) is 5.31. The Bertz CT molecular complexity index is 1080. The molecule has 4 aromatic rings. The van der Waals surface area contributed by atoms with Gasteiger partial charge >= 0.3 is 0 Å². The first-order valence-corrected chi connectivity index (χ1v) is 10.7. The molecule has 0 saturated heterocycles. The molecule has 0 saturated carbocycles. The minimum absolute atomic E-state index is 0.0556. The van der Waals surface area contributed by atoms with Crippen LogP contribution >= 0.6 is 11.3 Å². The normalized spacial score (nSPS) is 10.5. The fraction of sp³-hybridized carbons (Fsp3) is 0.125. The summed E-state index contributed by atoms with van der Waals surface area (Å²) < 4.78 is 11.1. The number of hydrogen-bond donors (Lipinski definition) is 1. The van der Waals surface area contributed by atoms with Gasteiger partial charge < -0.3 is 14.8 Å². The summed E-state index contributed by atoms with van der Waals surface area (Å²) in [6, 6.07) is 25.3. The minimum Gasteiger partial charge on any atom is -0.484 e. The maximum Gasteiger partial charge on any atom is 0.258 e. The second-order valence-electron chi connectivity index (χ2n) is 6.61. The van der Waals surface area contributed by atoms with E-state index < -0.39 is 0 Å². The van der Waals surface area contributed by atoms with Crippen LogP contribution in [0, 0.1) is 0 Å². The van der Waals surface area contributed by atoms with Gasteiger partial charge in [0.2, 0.25) is 5.88 Å². The van der Waals surface area contributed by atoms with Gasteiger partial charge in [0, 0.05) is 6.07 Å². The molecule has 0 aliphatic heterocycles. The maximum atomic E-state index is 12.0. The minimum atomic E-state index is -0.213. The standard InChI is InChI=1S/C24H21N3O3S/c28-23(17-30-20-10-8-19(9-11-20)18-5-2-1-3-6-18)25-14-15-29-24-13-12-21(26-27-24)22-7-4-16-31-22/h1-13,16H,14-15,17H2,(H,25,28). The summed E-state index contributed by atoms with van der Waals surface area (Å²) >= 11 is 1.61. The lowest BCUT2D eigenvalue weighted by Crippen LogP contribution is -2.32. The number of amides is 1. The Morgan fingerprint density at radius 3 is 2.35 bits per heavy atom. The Balaban J connectivity index is 1.15. The van der Waals surface area contributed by atoms with Crippen molar-refractivity contribution in [2.24, 2.45) is 0 Å². The molecule has 31 heavy (non-hydrogen) atoms. The van der Waals surface area contributed by atoms with Gasteiger partial charge in [0.1, 0.15) is 18.1 Å². The highest BCUT2D eigenvalue weighted by atomic mass is 32.1. The number of carbonyl (C=O) groups is 1. The van der Waals surface area contributed by atoms with Gasteiger partial charge in [-0.25, -0.2) is 0 Å². The Kier molecular flexibility index (Phi) is 6.87. The van der Waals surface area contributed by atoms with Crippen LogP contribution in [-0.2, 0) is 4.79 Å². The first-order chi connectivity index (χ1) is 15.3. The van der Waals surface area contributed by atoms with Crippen molar-refractivity contribution in [3.8, 4) is 33.3 Å². The molecule has 7 heteroatoms. The van der Waals surface area contributed by atoms with Gasteiger partial charge in [-0.15, -0.1) is 21.5 Å². The Morgan fingerprint density at radius 2 is 1.65 bits per heavy atom. The third-order valence-electron chi connectivity index (χ3n) is 4.42. The molecule has 156 valence electrons. The van der Waals surface area contributed by atoms with E-state index in [9.17, 15) is 4.79 Å². The highest BCUT2D eigenvalue weighted by molar-refractivity contribution is 7.13. The summed E-state index contributed by atoms with van der Waals surface area (Å²) in [5.41, 5.74) is 3.04. The van der Waals surface area contributed by atoms with Crippen LogP contribution in [-0.4, -0.2) is 35.9 Å².